The van der Waals surface area contributed by atoms with Crippen LogP contribution in [0, 0.1) is 5.92 Å². The highest BCUT2D eigenvalue weighted by Crippen LogP contribution is 2.35. The van der Waals surface area contributed by atoms with Crippen molar-refractivity contribution in [1.82, 2.24) is 5.32 Å². The van der Waals surface area contributed by atoms with E-state index in [0.29, 0.717) is 0 Å². The number of amides is 1. The van der Waals surface area contributed by atoms with Crippen molar-refractivity contribution in [3.8, 4) is 5.75 Å². The minimum Gasteiger partial charge on any atom is -0.497 e. The van der Waals surface area contributed by atoms with Crippen LogP contribution >= 0.6 is 11.8 Å². The van der Waals surface area contributed by atoms with Crippen molar-refractivity contribution in [3.63, 3.8) is 0 Å². The normalized spacial score (nSPS) is 22.4. The Morgan fingerprint density at radius 2 is 2.00 bits per heavy atom. The van der Waals surface area contributed by atoms with Gasteiger partial charge in [-0.2, -0.15) is 0 Å². The lowest BCUT2D eigenvalue weighted by Gasteiger charge is -2.39. The third-order valence-electron chi connectivity index (χ3n) is 3.09. The highest BCUT2D eigenvalue weighted by Gasteiger charge is 2.45. The van der Waals surface area contributed by atoms with Crippen molar-refractivity contribution in [1.29, 1.82) is 0 Å². The second kappa shape index (κ2) is 6.17. The van der Waals surface area contributed by atoms with Gasteiger partial charge in [-0.25, -0.2) is 0 Å². The fraction of sp³-hybridized carbons (Fsp3) is 0.429. The van der Waals surface area contributed by atoms with Gasteiger partial charge in [-0.15, -0.1) is 11.8 Å². The molecule has 0 aromatic heterocycles. The molecule has 3 atom stereocenters. The van der Waals surface area contributed by atoms with Crippen LogP contribution in [0.15, 0.2) is 29.2 Å². The number of carbonyl (C=O) groups excluding carboxylic acids is 2. The average Bonchev–Trinajstić information content (AvgIpc) is 2.37. The second-order valence-electron chi connectivity index (χ2n) is 4.56. The fourth-order valence-electron chi connectivity index (χ4n) is 2.07. The van der Waals surface area contributed by atoms with Crippen LogP contribution in [-0.4, -0.2) is 30.5 Å². The molecule has 1 aromatic carbocycles. The quantitative estimate of drug-likeness (QED) is 0.663. The van der Waals surface area contributed by atoms with Crippen LogP contribution < -0.4 is 10.1 Å². The second-order valence-corrected chi connectivity index (χ2v) is 5.78. The van der Waals surface area contributed by atoms with Crippen LogP contribution in [0.1, 0.15) is 13.8 Å². The molecule has 20 heavy (non-hydrogen) atoms. The maximum atomic E-state index is 11.6. The van der Waals surface area contributed by atoms with E-state index in [-0.39, 0.29) is 23.2 Å². The molecule has 1 saturated heterocycles. The summed E-state index contributed by atoms with van der Waals surface area (Å²) in [6.45, 7) is 3.09. The maximum absolute atomic E-state index is 11.6. The van der Waals surface area contributed by atoms with Crippen LogP contribution in [0.25, 0.3) is 0 Å². The first-order valence-corrected chi connectivity index (χ1v) is 7.17. The van der Waals surface area contributed by atoms with Crippen molar-refractivity contribution in [2.45, 2.75) is 30.2 Å². The summed E-state index contributed by atoms with van der Waals surface area (Å²) >= 11 is 1.54. The highest BCUT2D eigenvalue weighted by atomic mass is 32.2. The molecular weight excluding hydrogens is 278 g/mol. The topological polar surface area (TPSA) is 64.6 Å². The first kappa shape index (κ1) is 14.7. The maximum Gasteiger partial charge on any atom is 0.302 e. The van der Waals surface area contributed by atoms with Crippen LogP contribution in [-0.2, 0) is 14.3 Å². The Labute approximate surface area is 122 Å². The largest absolute Gasteiger partial charge is 0.497 e. The molecule has 1 aliphatic heterocycles. The van der Waals surface area contributed by atoms with Gasteiger partial charge in [0.25, 0.3) is 0 Å². The van der Waals surface area contributed by atoms with Gasteiger partial charge < -0.3 is 14.8 Å². The summed E-state index contributed by atoms with van der Waals surface area (Å²) in [6.07, 6.45) is -0.419. The van der Waals surface area contributed by atoms with Gasteiger partial charge in [0.1, 0.15) is 17.8 Å². The molecule has 5 nitrogen and oxygen atoms in total. The van der Waals surface area contributed by atoms with E-state index in [1.54, 1.807) is 14.0 Å². The summed E-state index contributed by atoms with van der Waals surface area (Å²) in [4.78, 5) is 23.6. The van der Waals surface area contributed by atoms with Crippen molar-refractivity contribution in [3.05, 3.63) is 24.3 Å². The van der Waals surface area contributed by atoms with E-state index in [1.807, 2.05) is 24.3 Å². The molecule has 0 saturated carbocycles. The summed E-state index contributed by atoms with van der Waals surface area (Å²) < 4.78 is 10.2. The molecule has 1 N–H and O–H groups in total. The molecule has 0 radical (unpaired) electrons. The number of β-lactam (4-membered cyclic amide) rings is 1. The molecule has 1 heterocycles. The third-order valence-corrected chi connectivity index (χ3v) is 4.30. The number of methoxy groups -OCH3 is 1. The lowest BCUT2D eigenvalue weighted by atomic mass is 9.96. The Morgan fingerprint density at radius 3 is 2.50 bits per heavy atom. The molecule has 0 spiro atoms. The number of esters is 1. The summed E-state index contributed by atoms with van der Waals surface area (Å²) in [7, 11) is 1.62. The Kier molecular flexibility index (Phi) is 4.54. The molecule has 3 unspecified atom stereocenters. The summed E-state index contributed by atoms with van der Waals surface area (Å²) in [6, 6.07) is 7.60. The van der Waals surface area contributed by atoms with Crippen molar-refractivity contribution >= 4 is 23.6 Å². The minimum absolute atomic E-state index is 0.0785. The smallest absolute Gasteiger partial charge is 0.302 e. The average molecular weight is 295 g/mol. The molecule has 108 valence electrons. The number of hydrogen-bond donors (Lipinski definition) is 1. The molecule has 0 bridgehead atoms. The van der Waals surface area contributed by atoms with E-state index in [1.165, 1.54) is 18.7 Å². The molecule has 1 amide bonds. The Bertz CT molecular complexity index is 502. The van der Waals surface area contributed by atoms with Gasteiger partial charge in [0.05, 0.1) is 12.5 Å². The predicted molar refractivity (Wildman–Crippen MR) is 75.5 cm³/mol. The molecule has 2 rings (SSSR count). The van der Waals surface area contributed by atoms with Crippen molar-refractivity contribution < 1.29 is 19.1 Å². The predicted octanol–water partition coefficient (Wildman–Crippen LogP) is 1.81. The lowest BCUT2D eigenvalue weighted by Crippen LogP contribution is -2.60. The van der Waals surface area contributed by atoms with E-state index in [4.69, 9.17) is 9.47 Å². The number of nitrogens with one attached hydrogen (secondary N) is 1. The van der Waals surface area contributed by atoms with Gasteiger partial charge in [-0.05, 0) is 31.2 Å². The Hall–Kier alpha value is -1.69. The van der Waals surface area contributed by atoms with E-state index in [0.717, 1.165) is 10.6 Å². The zero-order valence-corrected chi connectivity index (χ0v) is 12.4. The molecule has 1 aromatic rings. The van der Waals surface area contributed by atoms with Gasteiger partial charge in [0.2, 0.25) is 5.91 Å². The summed E-state index contributed by atoms with van der Waals surface area (Å²) in [5, 5.41) is 2.75. The van der Waals surface area contributed by atoms with Crippen LogP contribution in [0.5, 0.6) is 5.75 Å². The van der Waals surface area contributed by atoms with Gasteiger partial charge in [0, 0.05) is 11.8 Å². The highest BCUT2D eigenvalue weighted by molar-refractivity contribution is 8.00. The first-order valence-electron chi connectivity index (χ1n) is 6.29. The van der Waals surface area contributed by atoms with Crippen LogP contribution in [0.3, 0.4) is 0 Å². The van der Waals surface area contributed by atoms with Gasteiger partial charge in [0.15, 0.2) is 0 Å². The SMILES string of the molecule is COc1ccc(SC2NC(=O)C2C(C)OC(C)=O)cc1. The molecule has 1 aliphatic rings. The zero-order valence-electron chi connectivity index (χ0n) is 11.6. The Balaban J connectivity index is 1.98. The minimum atomic E-state index is -0.419. The molecule has 6 heteroatoms. The standard InChI is InChI=1S/C14H17NO4S/c1-8(19-9(2)16)12-13(17)15-14(12)20-11-6-4-10(18-3)5-7-11/h4-8,12,14H,1-3H3,(H,15,17). The molecule has 0 aliphatic carbocycles. The van der Waals surface area contributed by atoms with Crippen molar-refractivity contribution in [2.75, 3.05) is 7.11 Å². The van der Waals surface area contributed by atoms with Crippen LogP contribution in [0.4, 0.5) is 0 Å². The van der Waals surface area contributed by atoms with E-state index >= 15 is 0 Å². The fourth-order valence-corrected chi connectivity index (χ4v) is 3.32. The monoisotopic (exact) mass is 295 g/mol. The van der Waals surface area contributed by atoms with E-state index in [2.05, 4.69) is 5.32 Å². The Morgan fingerprint density at radius 1 is 1.35 bits per heavy atom. The number of thioether (sulfide) groups is 1. The van der Waals surface area contributed by atoms with Gasteiger partial charge in [-0.3, -0.25) is 9.59 Å². The van der Waals surface area contributed by atoms with Gasteiger partial charge >= 0.3 is 5.97 Å². The third kappa shape index (κ3) is 3.25. The van der Waals surface area contributed by atoms with Crippen molar-refractivity contribution in [2.24, 2.45) is 5.92 Å². The number of benzene rings is 1. The zero-order chi connectivity index (χ0) is 14.7. The molecular formula is C14H17NO4S. The molecule has 1 fully saturated rings. The number of hydrogen-bond acceptors (Lipinski definition) is 5. The summed E-state index contributed by atoms with van der Waals surface area (Å²) in [5.41, 5.74) is 0. The van der Waals surface area contributed by atoms with E-state index in [9.17, 15) is 9.59 Å². The number of carbonyl (C=O) groups is 2. The van der Waals surface area contributed by atoms with Crippen LogP contribution in [0.2, 0.25) is 0 Å². The lowest BCUT2D eigenvalue weighted by molar-refractivity contribution is -0.154. The first-order chi connectivity index (χ1) is 9.51. The van der Waals surface area contributed by atoms with E-state index < -0.39 is 6.10 Å². The number of rotatable bonds is 5. The van der Waals surface area contributed by atoms with Gasteiger partial charge in [-0.1, -0.05) is 0 Å². The summed E-state index contributed by atoms with van der Waals surface area (Å²) in [5.74, 6) is 0.0259. The number of ether oxygens (including phenoxy) is 2.